The monoisotopic (exact) mass is 402 g/mol. The molecule has 4 rings (SSSR count). The average molecular weight is 402 g/mol. The number of carbonyl (C=O) groups excluding carboxylic acids is 1. The summed E-state index contributed by atoms with van der Waals surface area (Å²) in [7, 11) is 2.92. The number of hydrogen-bond donors (Lipinski definition) is 2. The Morgan fingerprint density at radius 1 is 1.32 bits per heavy atom. The van der Waals surface area contributed by atoms with Crippen LogP contribution in [0.15, 0.2) is 37.9 Å². The number of aryl methyl sites for hydroxylation is 2. The SMILES string of the molecule is Cc1ccc(C2=CSC(NC(=O)Cn3cnc4c3c(=O)n(C)c(=O)n4C)N2)o1. The number of hydrogen-bond acceptors (Lipinski definition) is 7. The van der Waals surface area contributed by atoms with E-state index in [2.05, 4.69) is 15.6 Å². The van der Waals surface area contributed by atoms with Crippen molar-refractivity contribution < 1.29 is 9.21 Å². The number of furan rings is 1. The molecule has 0 radical (unpaired) electrons. The van der Waals surface area contributed by atoms with Crippen LogP contribution in [0.3, 0.4) is 0 Å². The minimum Gasteiger partial charge on any atom is -0.460 e. The van der Waals surface area contributed by atoms with Gasteiger partial charge in [0, 0.05) is 19.5 Å². The van der Waals surface area contributed by atoms with Gasteiger partial charge in [-0.1, -0.05) is 11.8 Å². The molecule has 0 bridgehead atoms. The van der Waals surface area contributed by atoms with Gasteiger partial charge in [0.15, 0.2) is 22.4 Å². The Morgan fingerprint density at radius 3 is 2.82 bits per heavy atom. The van der Waals surface area contributed by atoms with E-state index in [4.69, 9.17) is 4.42 Å². The number of amides is 1. The Balaban J connectivity index is 1.48. The predicted molar refractivity (Wildman–Crippen MR) is 104 cm³/mol. The van der Waals surface area contributed by atoms with Crippen LogP contribution in [0.2, 0.25) is 0 Å². The molecule has 1 atom stereocenters. The van der Waals surface area contributed by atoms with E-state index in [9.17, 15) is 14.4 Å². The molecule has 1 aliphatic rings. The summed E-state index contributed by atoms with van der Waals surface area (Å²) in [6.07, 6.45) is 1.38. The van der Waals surface area contributed by atoms with Crippen molar-refractivity contribution in [3.05, 3.63) is 56.2 Å². The van der Waals surface area contributed by atoms with E-state index in [1.54, 1.807) is 0 Å². The van der Waals surface area contributed by atoms with Gasteiger partial charge < -0.3 is 19.6 Å². The fourth-order valence-electron chi connectivity index (χ4n) is 2.99. The zero-order valence-electron chi connectivity index (χ0n) is 15.4. The van der Waals surface area contributed by atoms with E-state index in [1.807, 2.05) is 24.5 Å². The van der Waals surface area contributed by atoms with Crippen LogP contribution in [0.4, 0.5) is 0 Å². The van der Waals surface area contributed by atoms with E-state index < -0.39 is 11.2 Å². The fraction of sp³-hybridized carbons (Fsp3) is 0.294. The van der Waals surface area contributed by atoms with Crippen LogP contribution >= 0.6 is 11.8 Å². The third-order valence-corrected chi connectivity index (χ3v) is 5.32. The number of nitrogens with one attached hydrogen (secondary N) is 2. The Bertz CT molecular complexity index is 1230. The lowest BCUT2D eigenvalue weighted by molar-refractivity contribution is -0.121. The van der Waals surface area contributed by atoms with Crippen molar-refractivity contribution in [2.45, 2.75) is 19.0 Å². The lowest BCUT2D eigenvalue weighted by Gasteiger charge is -2.14. The second-order valence-electron chi connectivity index (χ2n) is 6.42. The average Bonchev–Trinajstić information content (AvgIpc) is 3.38. The largest absolute Gasteiger partial charge is 0.460 e. The summed E-state index contributed by atoms with van der Waals surface area (Å²) < 4.78 is 9.28. The van der Waals surface area contributed by atoms with Crippen LogP contribution in [0.1, 0.15) is 11.5 Å². The highest BCUT2D eigenvalue weighted by Gasteiger charge is 2.22. The van der Waals surface area contributed by atoms with Crippen LogP contribution < -0.4 is 21.9 Å². The van der Waals surface area contributed by atoms with Crippen molar-refractivity contribution >= 4 is 34.5 Å². The van der Waals surface area contributed by atoms with Gasteiger partial charge in [0.05, 0.1) is 12.0 Å². The van der Waals surface area contributed by atoms with Crippen molar-refractivity contribution in [3.8, 4) is 0 Å². The Kier molecular flexibility index (Phi) is 4.38. The van der Waals surface area contributed by atoms with E-state index in [0.29, 0.717) is 5.76 Å². The quantitative estimate of drug-likeness (QED) is 0.634. The fourth-order valence-corrected chi connectivity index (χ4v) is 3.84. The first kappa shape index (κ1) is 18.2. The molecule has 0 spiro atoms. The van der Waals surface area contributed by atoms with Crippen molar-refractivity contribution in [2.24, 2.45) is 14.1 Å². The van der Waals surface area contributed by atoms with Crippen molar-refractivity contribution in [3.63, 3.8) is 0 Å². The van der Waals surface area contributed by atoms with Gasteiger partial charge in [0.25, 0.3) is 5.56 Å². The molecule has 4 heterocycles. The van der Waals surface area contributed by atoms with Gasteiger partial charge >= 0.3 is 5.69 Å². The van der Waals surface area contributed by atoms with Crippen molar-refractivity contribution in [1.29, 1.82) is 0 Å². The maximum atomic E-state index is 12.5. The number of imidazole rings is 1. The molecule has 3 aromatic heterocycles. The molecule has 0 saturated carbocycles. The molecule has 0 saturated heterocycles. The van der Waals surface area contributed by atoms with Crippen LogP contribution in [-0.4, -0.2) is 30.1 Å². The summed E-state index contributed by atoms with van der Waals surface area (Å²) >= 11 is 1.41. The Hall–Kier alpha value is -3.21. The first-order chi connectivity index (χ1) is 13.3. The van der Waals surface area contributed by atoms with Gasteiger partial charge in [-0.2, -0.15) is 0 Å². The molecule has 11 heteroatoms. The van der Waals surface area contributed by atoms with Gasteiger partial charge in [-0.15, -0.1) is 0 Å². The minimum absolute atomic E-state index is 0.0993. The van der Waals surface area contributed by atoms with E-state index in [0.717, 1.165) is 16.0 Å². The highest BCUT2D eigenvalue weighted by Crippen LogP contribution is 2.27. The summed E-state index contributed by atoms with van der Waals surface area (Å²) in [4.78, 5) is 41.0. The molecule has 0 aromatic carbocycles. The maximum Gasteiger partial charge on any atom is 0.332 e. The van der Waals surface area contributed by atoms with Gasteiger partial charge in [-0.3, -0.25) is 18.7 Å². The van der Waals surface area contributed by atoms with Crippen LogP contribution in [0.25, 0.3) is 16.9 Å². The van der Waals surface area contributed by atoms with Crippen molar-refractivity contribution in [1.82, 2.24) is 29.3 Å². The molecule has 146 valence electrons. The second kappa shape index (κ2) is 6.75. The highest BCUT2D eigenvalue weighted by atomic mass is 32.2. The first-order valence-corrected chi connectivity index (χ1v) is 9.38. The zero-order valence-corrected chi connectivity index (χ0v) is 16.2. The summed E-state index contributed by atoms with van der Waals surface area (Å²) in [5, 5.41) is 7.89. The summed E-state index contributed by atoms with van der Waals surface area (Å²) in [5.41, 5.74) is -0.0715. The molecular formula is C17H18N6O4S. The molecule has 0 aliphatic carbocycles. The van der Waals surface area contributed by atoms with Crippen LogP contribution in [0.5, 0.6) is 0 Å². The molecule has 0 fully saturated rings. The van der Waals surface area contributed by atoms with Crippen LogP contribution in [0, 0.1) is 6.92 Å². The highest BCUT2D eigenvalue weighted by molar-refractivity contribution is 8.03. The smallest absolute Gasteiger partial charge is 0.332 e. The minimum atomic E-state index is -0.492. The normalized spacial score (nSPS) is 16.2. The standard InChI is InChI=1S/C17H18N6O4S/c1-9-4-5-11(27-9)10-7-28-16(19-10)20-12(24)6-23-8-18-14-13(23)15(25)22(3)17(26)21(14)2/h4-5,7-8,16,19H,6H2,1-3H3,(H,20,24). The molecule has 1 unspecified atom stereocenters. The van der Waals surface area contributed by atoms with Gasteiger partial charge in [-0.05, 0) is 19.1 Å². The molecular weight excluding hydrogens is 384 g/mol. The number of nitrogens with zero attached hydrogens (tertiary/aromatic N) is 4. The Morgan fingerprint density at radius 2 is 2.11 bits per heavy atom. The van der Waals surface area contributed by atoms with Crippen molar-refractivity contribution in [2.75, 3.05) is 0 Å². The maximum absolute atomic E-state index is 12.5. The summed E-state index contributed by atoms with van der Waals surface area (Å²) in [5.74, 6) is 1.20. The van der Waals surface area contributed by atoms with Gasteiger partial charge in [-0.25, -0.2) is 9.78 Å². The second-order valence-corrected chi connectivity index (χ2v) is 7.40. The Labute approximate surface area is 162 Å². The lowest BCUT2D eigenvalue weighted by Crippen LogP contribution is -2.42. The summed E-state index contributed by atoms with van der Waals surface area (Å²) in [6, 6.07) is 3.73. The third kappa shape index (κ3) is 3.03. The van der Waals surface area contributed by atoms with E-state index >= 15 is 0 Å². The third-order valence-electron chi connectivity index (χ3n) is 4.44. The van der Waals surface area contributed by atoms with E-state index in [1.165, 1.54) is 41.3 Å². The number of thioether (sulfide) groups is 1. The number of rotatable bonds is 4. The molecule has 28 heavy (non-hydrogen) atoms. The molecule has 2 N–H and O–H groups in total. The van der Waals surface area contributed by atoms with E-state index in [-0.39, 0.29) is 29.1 Å². The number of fused-ring (bicyclic) bond motifs is 1. The number of carbonyl (C=O) groups is 1. The predicted octanol–water partition coefficient (Wildman–Crippen LogP) is 0.0699. The topological polar surface area (TPSA) is 116 Å². The van der Waals surface area contributed by atoms with Crippen LogP contribution in [-0.2, 0) is 25.4 Å². The first-order valence-electron chi connectivity index (χ1n) is 8.44. The van der Waals surface area contributed by atoms with Gasteiger partial charge in [0.1, 0.15) is 12.3 Å². The summed E-state index contributed by atoms with van der Waals surface area (Å²) in [6.45, 7) is 1.76. The molecule has 3 aromatic rings. The molecule has 1 aliphatic heterocycles. The molecule has 10 nitrogen and oxygen atoms in total. The molecule has 1 amide bonds. The van der Waals surface area contributed by atoms with Gasteiger partial charge in [0.2, 0.25) is 5.91 Å². The lowest BCUT2D eigenvalue weighted by atomic mass is 10.3. The zero-order chi connectivity index (χ0) is 20.0. The number of aromatic nitrogens is 4.